The van der Waals surface area contributed by atoms with Crippen molar-refractivity contribution in [2.45, 2.75) is 6.92 Å². The van der Waals surface area contributed by atoms with Gasteiger partial charge in [0.1, 0.15) is 5.75 Å². The van der Waals surface area contributed by atoms with Crippen molar-refractivity contribution in [3.63, 3.8) is 0 Å². The summed E-state index contributed by atoms with van der Waals surface area (Å²) in [7, 11) is 0. The van der Waals surface area contributed by atoms with Gasteiger partial charge in [0.2, 0.25) is 0 Å². The van der Waals surface area contributed by atoms with Crippen molar-refractivity contribution in [1.82, 2.24) is 0 Å². The first-order chi connectivity index (χ1) is 7.36. The van der Waals surface area contributed by atoms with Crippen molar-refractivity contribution in [3.8, 4) is 11.8 Å². The molecule has 0 aliphatic rings. The van der Waals surface area contributed by atoms with Crippen molar-refractivity contribution < 1.29 is 4.74 Å². The van der Waals surface area contributed by atoms with Gasteiger partial charge in [0.15, 0.2) is 0 Å². The molecule has 2 aromatic rings. The molecule has 0 bridgehead atoms. The quantitative estimate of drug-likeness (QED) is 0.741. The summed E-state index contributed by atoms with van der Waals surface area (Å²) < 4.78 is 5.51. The lowest BCUT2D eigenvalue weighted by Gasteiger charge is -2.07. The molecule has 2 heteroatoms. The average Bonchev–Trinajstić information content (AvgIpc) is 2.30. The number of nitriles is 1. The molecular weight excluding hydrogens is 186 g/mol. The second-order valence-corrected chi connectivity index (χ2v) is 3.20. The predicted octanol–water partition coefficient (Wildman–Crippen LogP) is 3.11. The number of benzene rings is 2. The molecule has 74 valence electrons. The molecule has 2 aromatic carbocycles. The van der Waals surface area contributed by atoms with E-state index in [-0.39, 0.29) is 0 Å². The molecular formula is C13H11NO. The van der Waals surface area contributed by atoms with E-state index in [0.717, 1.165) is 16.5 Å². The van der Waals surface area contributed by atoms with E-state index in [1.54, 1.807) is 6.07 Å². The molecule has 0 aliphatic heterocycles. The lowest BCUT2D eigenvalue weighted by atomic mass is 10.0. The zero-order valence-electron chi connectivity index (χ0n) is 8.53. The van der Waals surface area contributed by atoms with Crippen LogP contribution in [0.1, 0.15) is 12.5 Å². The molecule has 0 radical (unpaired) electrons. The summed E-state index contributed by atoms with van der Waals surface area (Å²) in [5.74, 6) is 0.840. The number of hydrogen-bond donors (Lipinski definition) is 0. The van der Waals surface area contributed by atoms with Gasteiger partial charge in [-0.3, -0.25) is 0 Å². The summed E-state index contributed by atoms with van der Waals surface area (Å²) in [6.07, 6.45) is 0. The standard InChI is InChI=1S/C13H11NO/c1-2-15-13-8-7-10(9-14)11-5-3-4-6-12(11)13/h3-8H,2H2,1H3. The van der Waals surface area contributed by atoms with Crippen LogP contribution >= 0.6 is 0 Å². The number of nitrogens with zero attached hydrogens (tertiary/aromatic N) is 1. The van der Waals surface area contributed by atoms with Crippen LogP contribution in [0.25, 0.3) is 10.8 Å². The van der Waals surface area contributed by atoms with Crippen LogP contribution in [0.3, 0.4) is 0 Å². The molecule has 2 nitrogen and oxygen atoms in total. The van der Waals surface area contributed by atoms with Gasteiger partial charge in [-0.05, 0) is 19.1 Å². The Kier molecular flexibility index (Phi) is 2.55. The van der Waals surface area contributed by atoms with Crippen LogP contribution in [-0.4, -0.2) is 6.61 Å². The summed E-state index contributed by atoms with van der Waals surface area (Å²) in [4.78, 5) is 0. The highest BCUT2D eigenvalue weighted by molar-refractivity contribution is 5.92. The van der Waals surface area contributed by atoms with Gasteiger partial charge < -0.3 is 4.74 Å². The SMILES string of the molecule is CCOc1ccc(C#N)c2ccccc12. The molecule has 0 spiro atoms. The zero-order chi connectivity index (χ0) is 10.7. The summed E-state index contributed by atoms with van der Waals surface area (Å²) in [5.41, 5.74) is 0.689. The normalized spacial score (nSPS) is 9.87. The van der Waals surface area contributed by atoms with E-state index in [0.29, 0.717) is 12.2 Å². The van der Waals surface area contributed by atoms with Gasteiger partial charge in [-0.1, -0.05) is 24.3 Å². The van der Waals surface area contributed by atoms with Crippen LogP contribution in [0.5, 0.6) is 5.75 Å². The fraction of sp³-hybridized carbons (Fsp3) is 0.154. The largest absolute Gasteiger partial charge is 0.493 e. The van der Waals surface area contributed by atoms with Crippen molar-refractivity contribution in [2.75, 3.05) is 6.61 Å². The molecule has 15 heavy (non-hydrogen) atoms. The van der Waals surface area contributed by atoms with Crippen LogP contribution in [0, 0.1) is 11.3 Å². The predicted molar refractivity (Wildman–Crippen MR) is 59.8 cm³/mol. The van der Waals surface area contributed by atoms with Crippen molar-refractivity contribution >= 4 is 10.8 Å². The first-order valence-corrected chi connectivity index (χ1v) is 4.91. The molecule has 0 heterocycles. The molecule has 0 N–H and O–H groups in total. The molecule has 0 unspecified atom stereocenters. The van der Waals surface area contributed by atoms with E-state index in [2.05, 4.69) is 6.07 Å². The average molecular weight is 197 g/mol. The van der Waals surface area contributed by atoms with Gasteiger partial charge in [-0.25, -0.2) is 0 Å². The first-order valence-electron chi connectivity index (χ1n) is 4.91. The fourth-order valence-electron chi connectivity index (χ4n) is 1.65. The minimum Gasteiger partial charge on any atom is -0.493 e. The molecule has 0 atom stereocenters. The Hall–Kier alpha value is -2.01. The number of hydrogen-bond acceptors (Lipinski definition) is 2. The van der Waals surface area contributed by atoms with Gasteiger partial charge >= 0.3 is 0 Å². The summed E-state index contributed by atoms with van der Waals surface area (Å²) in [6, 6.07) is 13.6. The topological polar surface area (TPSA) is 33.0 Å². The Morgan fingerprint density at radius 1 is 1.13 bits per heavy atom. The van der Waals surface area contributed by atoms with Crippen LogP contribution in [0.2, 0.25) is 0 Å². The maximum absolute atomic E-state index is 8.97. The van der Waals surface area contributed by atoms with E-state index >= 15 is 0 Å². The van der Waals surface area contributed by atoms with E-state index in [1.165, 1.54) is 0 Å². The highest BCUT2D eigenvalue weighted by Crippen LogP contribution is 2.27. The van der Waals surface area contributed by atoms with Crippen molar-refractivity contribution in [2.24, 2.45) is 0 Å². The molecule has 0 saturated heterocycles. The van der Waals surface area contributed by atoms with E-state index < -0.39 is 0 Å². The smallest absolute Gasteiger partial charge is 0.127 e. The second-order valence-electron chi connectivity index (χ2n) is 3.20. The van der Waals surface area contributed by atoms with Crippen LogP contribution in [0.15, 0.2) is 36.4 Å². The second kappa shape index (κ2) is 4.02. The lowest BCUT2D eigenvalue weighted by molar-refractivity contribution is 0.344. The lowest BCUT2D eigenvalue weighted by Crippen LogP contribution is -1.93. The number of ether oxygens (including phenoxy) is 1. The number of rotatable bonds is 2. The third-order valence-electron chi connectivity index (χ3n) is 2.30. The van der Waals surface area contributed by atoms with E-state index in [1.807, 2.05) is 37.3 Å². The summed E-state index contributed by atoms with van der Waals surface area (Å²) in [6.45, 7) is 2.59. The molecule has 0 fully saturated rings. The maximum atomic E-state index is 8.97. The Balaban J connectivity index is 2.73. The van der Waals surface area contributed by atoms with Crippen LogP contribution < -0.4 is 4.74 Å². The van der Waals surface area contributed by atoms with E-state index in [4.69, 9.17) is 10.00 Å². The van der Waals surface area contributed by atoms with Crippen LogP contribution in [0.4, 0.5) is 0 Å². The Morgan fingerprint density at radius 3 is 2.53 bits per heavy atom. The van der Waals surface area contributed by atoms with Crippen molar-refractivity contribution in [1.29, 1.82) is 5.26 Å². The highest BCUT2D eigenvalue weighted by Gasteiger charge is 2.04. The Morgan fingerprint density at radius 2 is 1.87 bits per heavy atom. The first kappa shape index (κ1) is 9.54. The van der Waals surface area contributed by atoms with Crippen molar-refractivity contribution in [3.05, 3.63) is 42.0 Å². The maximum Gasteiger partial charge on any atom is 0.127 e. The molecule has 2 rings (SSSR count). The molecule has 0 amide bonds. The fourth-order valence-corrected chi connectivity index (χ4v) is 1.65. The third-order valence-corrected chi connectivity index (χ3v) is 2.30. The molecule has 0 saturated carbocycles. The Bertz CT molecular complexity index is 526. The third kappa shape index (κ3) is 1.64. The van der Waals surface area contributed by atoms with Gasteiger partial charge in [0.25, 0.3) is 0 Å². The molecule has 0 aliphatic carbocycles. The van der Waals surface area contributed by atoms with Crippen LogP contribution in [-0.2, 0) is 0 Å². The van der Waals surface area contributed by atoms with E-state index in [9.17, 15) is 0 Å². The monoisotopic (exact) mass is 197 g/mol. The minimum atomic E-state index is 0.635. The zero-order valence-corrected chi connectivity index (χ0v) is 8.53. The van der Waals surface area contributed by atoms with Gasteiger partial charge in [-0.15, -0.1) is 0 Å². The summed E-state index contributed by atoms with van der Waals surface area (Å²) in [5, 5.41) is 10.9. The number of fused-ring (bicyclic) bond motifs is 1. The van der Waals surface area contributed by atoms with Gasteiger partial charge in [-0.2, -0.15) is 5.26 Å². The van der Waals surface area contributed by atoms with Gasteiger partial charge in [0, 0.05) is 10.8 Å². The highest BCUT2D eigenvalue weighted by atomic mass is 16.5. The van der Waals surface area contributed by atoms with Gasteiger partial charge in [0.05, 0.1) is 18.2 Å². The Labute approximate surface area is 88.7 Å². The minimum absolute atomic E-state index is 0.635. The molecule has 0 aromatic heterocycles. The summed E-state index contributed by atoms with van der Waals surface area (Å²) >= 11 is 0.